The summed E-state index contributed by atoms with van der Waals surface area (Å²) in [6.07, 6.45) is 3.65. The molecular formula is C23H17Cl2NO3. The van der Waals surface area contributed by atoms with Crippen LogP contribution in [0.5, 0.6) is 11.8 Å². The van der Waals surface area contributed by atoms with Gasteiger partial charge in [-0.15, -0.1) is 0 Å². The highest BCUT2D eigenvalue weighted by Gasteiger charge is 2.32. The Morgan fingerprint density at radius 2 is 1.66 bits per heavy atom. The lowest BCUT2D eigenvalue weighted by Gasteiger charge is -2.32. The molecule has 0 amide bonds. The molecule has 0 fully saturated rings. The summed E-state index contributed by atoms with van der Waals surface area (Å²) in [5.74, 6) is 0.770. The van der Waals surface area contributed by atoms with Gasteiger partial charge in [-0.3, -0.25) is 0 Å². The molecule has 3 aromatic rings. The number of benzene rings is 2. The molecule has 0 bridgehead atoms. The van der Waals surface area contributed by atoms with Crippen LogP contribution in [0.15, 0.2) is 66.2 Å². The van der Waals surface area contributed by atoms with Crippen molar-refractivity contribution in [2.24, 2.45) is 0 Å². The van der Waals surface area contributed by atoms with Crippen molar-refractivity contribution in [2.45, 2.75) is 18.8 Å². The summed E-state index contributed by atoms with van der Waals surface area (Å²) >= 11 is 12.4. The zero-order chi connectivity index (χ0) is 20.1. The Balaban J connectivity index is 1.71. The van der Waals surface area contributed by atoms with Gasteiger partial charge >= 0.3 is 0 Å². The molecule has 1 atom stereocenters. The molecule has 0 spiro atoms. The molecule has 2 aromatic carbocycles. The lowest BCUT2D eigenvalue weighted by molar-refractivity contribution is 0.353. The summed E-state index contributed by atoms with van der Waals surface area (Å²) in [6, 6.07) is 16.6. The predicted octanol–water partition coefficient (Wildman–Crippen LogP) is 6.18. The first-order valence-electron chi connectivity index (χ1n) is 9.29. The van der Waals surface area contributed by atoms with Gasteiger partial charge in [0.05, 0.1) is 10.0 Å². The molecule has 1 aromatic heterocycles. The average Bonchev–Trinajstić information content (AvgIpc) is 3.07. The number of hydrogen-bond donors (Lipinski definition) is 2. The molecule has 1 aliphatic heterocycles. The van der Waals surface area contributed by atoms with Crippen molar-refractivity contribution >= 4 is 34.8 Å². The van der Waals surface area contributed by atoms with Crippen molar-refractivity contribution in [3.63, 3.8) is 0 Å². The summed E-state index contributed by atoms with van der Waals surface area (Å²) in [5, 5.41) is 21.5. The number of allylic oxidation sites excluding steroid dienone is 2. The van der Waals surface area contributed by atoms with E-state index in [1.165, 1.54) is 22.3 Å². The number of nitrogens with zero attached hydrogens (tertiary/aromatic N) is 1. The Bertz CT molecular complexity index is 1170. The van der Waals surface area contributed by atoms with Crippen LogP contribution < -0.4 is 0 Å². The molecule has 146 valence electrons. The maximum Gasteiger partial charge on any atom is 0.206 e. The topological polar surface area (TPSA) is 54.6 Å². The predicted molar refractivity (Wildman–Crippen MR) is 114 cm³/mol. The molecule has 0 saturated carbocycles. The number of aromatic nitrogens is 1. The van der Waals surface area contributed by atoms with E-state index in [2.05, 4.69) is 6.07 Å². The van der Waals surface area contributed by atoms with Crippen molar-refractivity contribution in [1.29, 1.82) is 0 Å². The molecule has 1 unspecified atom stereocenters. The Hall–Kier alpha value is -2.82. The van der Waals surface area contributed by atoms with Crippen molar-refractivity contribution in [3.8, 4) is 11.8 Å². The summed E-state index contributed by atoms with van der Waals surface area (Å²) in [4.78, 5) is 0. The molecule has 2 heterocycles. The molecule has 29 heavy (non-hydrogen) atoms. The second-order valence-electron chi connectivity index (χ2n) is 7.15. The number of hydrogen-bond acceptors (Lipinski definition) is 3. The smallest absolute Gasteiger partial charge is 0.206 e. The first kappa shape index (κ1) is 18.2. The van der Waals surface area contributed by atoms with Crippen LogP contribution in [0.1, 0.15) is 29.0 Å². The van der Waals surface area contributed by atoms with Crippen LogP contribution in [0.4, 0.5) is 0 Å². The van der Waals surface area contributed by atoms with E-state index in [1.807, 2.05) is 36.4 Å². The lowest BCUT2D eigenvalue weighted by Crippen LogP contribution is -2.18. The number of fused-ring (bicyclic) bond motifs is 2. The monoisotopic (exact) mass is 425 g/mol. The van der Waals surface area contributed by atoms with Gasteiger partial charge in [-0.25, -0.2) is 4.57 Å². The first-order valence-corrected chi connectivity index (χ1v) is 10.0. The van der Waals surface area contributed by atoms with Gasteiger partial charge in [-0.1, -0.05) is 53.5 Å². The van der Waals surface area contributed by atoms with E-state index < -0.39 is 0 Å². The van der Waals surface area contributed by atoms with Crippen LogP contribution in [0.25, 0.3) is 11.6 Å². The number of aryl methyl sites for hydroxylation is 1. The second-order valence-corrected chi connectivity index (χ2v) is 7.97. The molecular weight excluding hydrogens is 409 g/mol. The number of rotatable bonds is 2. The highest BCUT2D eigenvalue weighted by Crippen LogP contribution is 2.47. The molecule has 0 saturated heterocycles. The Morgan fingerprint density at radius 1 is 0.897 bits per heavy atom. The maximum absolute atomic E-state index is 10.2. The summed E-state index contributed by atoms with van der Waals surface area (Å²) in [7, 11) is 0. The third-order valence-electron chi connectivity index (χ3n) is 5.47. The fraction of sp³-hybridized carbons (Fsp3) is 0.130. The van der Waals surface area contributed by atoms with E-state index in [0.717, 1.165) is 35.3 Å². The zero-order valence-corrected chi connectivity index (χ0v) is 16.8. The minimum atomic E-state index is -0.127. The quantitative estimate of drug-likeness (QED) is 0.515. The van der Waals surface area contributed by atoms with Gasteiger partial charge in [0.15, 0.2) is 0 Å². The Labute approximate surface area is 177 Å². The molecule has 4 nitrogen and oxygen atoms in total. The van der Waals surface area contributed by atoms with Crippen molar-refractivity contribution < 1.29 is 14.9 Å². The molecule has 5 rings (SSSR count). The highest BCUT2D eigenvalue weighted by atomic mass is 35.5. The normalized spacial score (nSPS) is 18.0. The number of halogens is 2. The highest BCUT2D eigenvalue weighted by molar-refractivity contribution is 6.42. The van der Waals surface area contributed by atoms with Gasteiger partial charge < -0.3 is 14.9 Å². The molecule has 0 radical (unpaired) electrons. The van der Waals surface area contributed by atoms with Crippen molar-refractivity contribution in [1.82, 2.24) is 4.57 Å². The van der Waals surface area contributed by atoms with E-state index in [0.29, 0.717) is 15.9 Å². The summed E-state index contributed by atoms with van der Waals surface area (Å²) < 4.78 is 7.54. The van der Waals surface area contributed by atoms with Crippen LogP contribution >= 0.6 is 23.2 Å². The van der Waals surface area contributed by atoms with E-state index in [4.69, 9.17) is 27.9 Å². The van der Waals surface area contributed by atoms with Crippen LogP contribution in [0.3, 0.4) is 0 Å². The Morgan fingerprint density at radius 3 is 2.41 bits per heavy atom. The van der Waals surface area contributed by atoms with Crippen LogP contribution in [0, 0.1) is 0 Å². The van der Waals surface area contributed by atoms with E-state index in [1.54, 1.807) is 6.07 Å². The molecule has 1 aliphatic carbocycles. The van der Waals surface area contributed by atoms with E-state index in [9.17, 15) is 10.2 Å². The van der Waals surface area contributed by atoms with Crippen LogP contribution in [-0.2, 0) is 11.2 Å². The third kappa shape index (κ3) is 3.00. The third-order valence-corrected chi connectivity index (χ3v) is 6.21. The number of aromatic hydroxyl groups is 2. The van der Waals surface area contributed by atoms with Crippen LogP contribution in [-0.4, -0.2) is 14.8 Å². The Kier molecular flexibility index (Phi) is 4.34. The lowest BCUT2D eigenvalue weighted by atomic mass is 9.80. The fourth-order valence-electron chi connectivity index (χ4n) is 4.08. The molecule has 6 heteroatoms. The molecule has 2 N–H and O–H groups in total. The number of ether oxygens (including phenoxy) is 1. The molecule has 2 aliphatic rings. The maximum atomic E-state index is 10.2. The largest absolute Gasteiger partial charge is 0.494 e. The van der Waals surface area contributed by atoms with E-state index in [-0.39, 0.29) is 17.7 Å². The van der Waals surface area contributed by atoms with Gasteiger partial charge in [0.2, 0.25) is 17.6 Å². The minimum absolute atomic E-state index is 0.102. The van der Waals surface area contributed by atoms with Gasteiger partial charge in [-0.05, 0) is 47.8 Å². The van der Waals surface area contributed by atoms with Gasteiger partial charge in [0.1, 0.15) is 5.76 Å². The van der Waals surface area contributed by atoms with Gasteiger partial charge in [-0.2, -0.15) is 0 Å². The van der Waals surface area contributed by atoms with E-state index >= 15 is 0 Å². The average molecular weight is 426 g/mol. The fourth-order valence-corrected chi connectivity index (χ4v) is 4.39. The summed E-state index contributed by atoms with van der Waals surface area (Å²) in [5.41, 5.74) is 4.34. The van der Waals surface area contributed by atoms with Crippen molar-refractivity contribution in [3.05, 3.63) is 93.0 Å². The van der Waals surface area contributed by atoms with Crippen LogP contribution in [0.2, 0.25) is 10.0 Å². The van der Waals surface area contributed by atoms with Gasteiger partial charge in [0.25, 0.3) is 0 Å². The van der Waals surface area contributed by atoms with Gasteiger partial charge in [0, 0.05) is 23.6 Å². The zero-order valence-electron chi connectivity index (χ0n) is 15.3. The van der Waals surface area contributed by atoms with Crippen molar-refractivity contribution in [2.75, 3.05) is 0 Å². The minimum Gasteiger partial charge on any atom is -0.494 e. The standard InChI is InChI=1S/C23H17Cl2NO3/c24-18-8-6-14(11-19(18)25)17-12-22(26-20(27)9-10-21(26)28)29-23-15-4-2-1-3-13(15)5-7-16(17)23/h1-4,6,8-12,17,27-28H,5,7H2. The SMILES string of the molecule is Oc1ccc(O)n1C1=CC(c2ccc(Cl)c(Cl)c2)C2=C(O1)c1ccccc1CC2. The second kappa shape index (κ2) is 6.90. The summed E-state index contributed by atoms with van der Waals surface area (Å²) in [6.45, 7) is 0. The first-order chi connectivity index (χ1) is 14.0.